The van der Waals surface area contributed by atoms with Crippen LogP contribution in [0.25, 0.3) is 5.69 Å². The number of nitrogens with one attached hydrogen (secondary N) is 1. The number of ether oxygens (including phenoxy) is 1. The van der Waals surface area contributed by atoms with Crippen molar-refractivity contribution in [1.29, 1.82) is 0 Å². The van der Waals surface area contributed by atoms with Crippen molar-refractivity contribution in [1.82, 2.24) is 14.8 Å². The quantitative estimate of drug-likeness (QED) is 0.574. The zero-order valence-corrected chi connectivity index (χ0v) is 17.5. The van der Waals surface area contributed by atoms with E-state index < -0.39 is 12.1 Å². The molecule has 3 rings (SSSR count). The lowest BCUT2D eigenvalue weighted by atomic mass is 10.0. The van der Waals surface area contributed by atoms with Crippen LogP contribution in [-0.4, -0.2) is 46.9 Å². The summed E-state index contributed by atoms with van der Waals surface area (Å²) in [6.45, 7) is 7.49. The number of Topliss-reactive ketones (excluding diaryl/α,β-unsaturated/α-hetero) is 1. The average Bonchev–Trinajstić information content (AvgIpc) is 3.11. The number of urea groups is 1. The Morgan fingerprint density at radius 3 is 2.41 bits per heavy atom. The first-order valence-corrected chi connectivity index (χ1v) is 9.71. The van der Waals surface area contributed by atoms with E-state index in [2.05, 4.69) is 5.32 Å². The number of rotatable bonds is 7. The lowest BCUT2D eigenvalue weighted by molar-refractivity contribution is -0.127. The van der Waals surface area contributed by atoms with Crippen LogP contribution in [0.1, 0.15) is 42.0 Å². The van der Waals surface area contributed by atoms with Gasteiger partial charge in [0, 0.05) is 22.6 Å². The molecule has 1 saturated heterocycles. The van der Waals surface area contributed by atoms with Gasteiger partial charge in [0.05, 0.1) is 13.7 Å². The molecule has 7 heteroatoms. The standard InChI is InChI=1S/C22H27N3O4/c1-13(2)10-19-21(27)24(22(28)23-19)12-20(26)18-11-14(3)25(15(18)4)16-6-8-17(29-5)9-7-16/h6-9,11,13,19H,10,12H2,1-5H3,(H,23,28). The molecule has 1 N–H and O–H groups in total. The topological polar surface area (TPSA) is 80.6 Å². The van der Waals surface area contributed by atoms with Crippen molar-refractivity contribution in [2.75, 3.05) is 13.7 Å². The summed E-state index contributed by atoms with van der Waals surface area (Å²) in [4.78, 5) is 38.7. The number of carbonyl (C=O) groups is 3. The first-order valence-electron chi connectivity index (χ1n) is 9.71. The molecule has 0 aliphatic carbocycles. The molecule has 1 fully saturated rings. The second-order valence-corrected chi connectivity index (χ2v) is 7.80. The molecule has 0 spiro atoms. The number of aryl methyl sites for hydroxylation is 1. The number of benzene rings is 1. The first kappa shape index (κ1) is 20.6. The maximum absolute atomic E-state index is 12.9. The highest BCUT2D eigenvalue weighted by molar-refractivity contribution is 6.09. The van der Waals surface area contributed by atoms with E-state index in [0.29, 0.717) is 12.0 Å². The summed E-state index contributed by atoms with van der Waals surface area (Å²) < 4.78 is 7.17. The van der Waals surface area contributed by atoms with Crippen LogP contribution < -0.4 is 10.1 Å². The fourth-order valence-electron chi connectivity index (χ4n) is 3.76. The third-order valence-electron chi connectivity index (χ3n) is 5.18. The van der Waals surface area contributed by atoms with Crippen LogP contribution >= 0.6 is 0 Å². The number of carbonyl (C=O) groups excluding carboxylic acids is 3. The Labute approximate surface area is 170 Å². The van der Waals surface area contributed by atoms with Crippen molar-refractivity contribution in [3.8, 4) is 11.4 Å². The van der Waals surface area contributed by atoms with Gasteiger partial charge in [0.2, 0.25) is 0 Å². The Morgan fingerprint density at radius 2 is 1.83 bits per heavy atom. The molecule has 0 bridgehead atoms. The molecule has 0 saturated carbocycles. The van der Waals surface area contributed by atoms with Crippen LogP contribution in [-0.2, 0) is 4.79 Å². The van der Waals surface area contributed by atoms with E-state index in [1.807, 2.05) is 56.5 Å². The molecule has 1 aromatic carbocycles. The van der Waals surface area contributed by atoms with Crippen molar-refractivity contribution >= 4 is 17.7 Å². The Balaban J connectivity index is 1.81. The zero-order valence-electron chi connectivity index (χ0n) is 17.5. The Morgan fingerprint density at radius 1 is 1.17 bits per heavy atom. The predicted molar refractivity (Wildman–Crippen MR) is 110 cm³/mol. The second kappa shape index (κ2) is 8.11. The summed E-state index contributed by atoms with van der Waals surface area (Å²) in [6.07, 6.45) is 0.557. The summed E-state index contributed by atoms with van der Waals surface area (Å²) in [6, 6.07) is 8.30. The molecular weight excluding hydrogens is 370 g/mol. The van der Waals surface area contributed by atoms with Crippen LogP contribution in [0.3, 0.4) is 0 Å². The normalized spacial score (nSPS) is 16.5. The van der Waals surface area contributed by atoms with E-state index in [1.54, 1.807) is 13.2 Å². The number of hydrogen-bond donors (Lipinski definition) is 1. The van der Waals surface area contributed by atoms with E-state index in [1.165, 1.54) is 0 Å². The van der Waals surface area contributed by atoms with E-state index >= 15 is 0 Å². The van der Waals surface area contributed by atoms with Crippen LogP contribution in [0.5, 0.6) is 5.75 Å². The van der Waals surface area contributed by atoms with Gasteiger partial charge in [-0.15, -0.1) is 0 Å². The largest absolute Gasteiger partial charge is 0.497 e. The highest BCUT2D eigenvalue weighted by atomic mass is 16.5. The van der Waals surface area contributed by atoms with Gasteiger partial charge in [-0.3, -0.25) is 14.5 Å². The first-order chi connectivity index (χ1) is 13.7. The van der Waals surface area contributed by atoms with Gasteiger partial charge in [-0.1, -0.05) is 13.8 Å². The van der Waals surface area contributed by atoms with E-state index in [4.69, 9.17) is 4.74 Å². The van der Waals surface area contributed by atoms with Crippen LogP contribution in [0.2, 0.25) is 0 Å². The van der Waals surface area contributed by atoms with Crippen molar-refractivity contribution in [3.63, 3.8) is 0 Å². The number of hydrogen-bond acceptors (Lipinski definition) is 4. The molecule has 29 heavy (non-hydrogen) atoms. The summed E-state index contributed by atoms with van der Waals surface area (Å²) >= 11 is 0. The molecule has 1 unspecified atom stereocenters. The van der Waals surface area contributed by atoms with E-state index in [9.17, 15) is 14.4 Å². The van der Waals surface area contributed by atoms with Gasteiger partial charge in [-0.25, -0.2) is 4.79 Å². The number of imide groups is 1. The third kappa shape index (κ3) is 4.04. The maximum Gasteiger partial charge on any atom is 0.325 e. The smallest absolute Gasteiger partial charge is 0.325 e. The van der Waals surface area contributed by atoms with Gasteiger partial charge in [0.25, 0.3) is 5.91 Å². The number of aromatic nitrogens is 1. The van der Waals surface area contributed by atoms with Crippen LogP contribution in [0, 0.1) is 19.8 Å². The lowest BCUT2D eigenvalue weighted by Crippen LogP contribution is -2.36. The fraction of sp³-hybridized carbons (Fsp3) is 0.409. The SMILES string of the molecule is COc1ccc(-n2c(C)cc(C(=O)CN3C(=O)NC(CC(C)C)C3=O)c2C)cc1. The molecule has 2 heterocycles. The number of methoxy groups -OCH3 is 1. The Bertz CT molecular complexity index is 944. The summed E-state index contributed by atoms with van der Waals surface area (Å²) in [5.41, 5.74) is 3.08. The van der Waals surface area contributed by atoms with Gasteiger partial charge in [-0.05, 0) is 56.5 Å². The van der Waals surface area contributed by atoms with Gasteiger partial charge in [-0.2, -0.15) is 0 Å². The Hall–Kier alpha value is -3.09. The van der Waals surface area contributed by atoms with Crippen molar-refractivity contribution in [3.05, 3.63) is 47.3 Å². The van der Waals surface area contributed by atoms with E-state index in [-0.39, 0.29) is 24.2 Å². The molecule has 1 aliphatic heterocycles. The molecule has 7 nitrogen and oxygen atoms in total. The minimum Gasteiger partial charge on any atom is -0.497 e. The van der Waals surface area contributed by atoms with Crippen LogP contribution in [0.4, 0.5) is 4.79 Å². The minimum absolute atomic E-state index is 0.258. The van der Waals surface area contributed by atoms with Crippen molar-refractivity contribution in [2.24, 2.45) is 5.92 Å². The third-order valence-corrected chi connectivity index (χ3v) is 5.18. The monoisotopic (exact) mass is 397 g/mol. The van der Waals surface area contributed by atoms with Gasteiger partial charge >= 0.3 is 6.03 Å². The number of ketones is 1. The second-order valence-electron chi connectivity index (χ2n) is 7.80. The predicted octanol–water partition coefficient (Wildman–Crippen LogP) is 3.25. The molecule has 1 aliphatic rings. The molecule has 1 atom stereocenters. The number of nitrogens with zero attached hydrogens (tertiary/aromatic N) is 2. The Kier molecular flexibility index (Phi) is 5.77. The summed E-state index contributed by atoms with van der Waals surface area (Å²) in [5.74, 6) is 0.429. The van der Waals surface area contributed by atoms with Crippen molar-refractivity contribution in [2.45, 2.75) is 40.2 Å². The average molecular weight is 397 g/mol. The van der Waals surface area contributed by atoms with Gasteiger partial charge in [0.1, 0.15) is 11.8 Å². The highest BCUT2D eigenvalue weighted by Crippen LogP contribution is 2.24. The molecular formula is C22H27N3O4. The van der Waals surface area contributed by atoms with Gasteiger partial charge in [0.15, 0.2) is 5.78 Å². The zero-order chi connectivity index (χ0) is 21.3. The van der Waals surface area contributed by atoms with Crippen molar-refractivity contribution < 1.29 is 19.1 Å². The highest BCUT2D eigenvalue weighted by Gasteiger charge is 2.39. The number of amides is 3. The molecule has 0 radical (unpaired) electrons. The summed E-state index contributed by atoms with van der Waals surface area (Å²) in [7, 11) is 1.61. The maximum atomic E-state index is 12.9. The fourth-order valence-corrected chi connectivity index (χ4v) is 3.76. The molecule has 154 valence electrons. The van der Waals surface area contributed by atoms with Gasteiger partial charge < -0.3 is 14.6 Å². The van der Waals surface area contributed by atoms with E-state index in [0.717, 1.165) is 27.7 Å². The summed E-state index contributed by atoms with van der Waals surface area (Å²) in [5, 5.41) is 2.68. The molecule has 2 aromatic rings. The lowest BCUT2D eigenvalue weighted by Gasteiger charge is -2.14. The van der Waals surface area contributed by atoms with Crippen LogP contribution in [0.15, 0.2) is 30.3 Å². The minimum atomic E-state index is -0.554. The molecule has 3 amide bonds. The molecule has 1 aromatic heterocycles.